The molecule has 1 fully saturated rings. The Balaban J connectivity index is 1.34. The van der Waals surface area contributed by atoms with Crippen LogP contribution in [0.1, 0.15) is 40.8 Å². The molecule has 1 amide bonds. The molecule has 3 heterocycles. The third kappa shape index (κ3) is 3.98. The monoisotopic (exact) mass is 453 g/mol. The number of furan rings is 1. The third-order valence-electron chi connectivity index (χ3n) is 5.77. The summed E-state index contributed by atoms with van der Waals surface area (Å²) in [5.41, 5.74) is 0.985. The lowest BCUT2D eigenvalue weighted by Crippen LogP contribution is -2.30. The number of benzene rings is 2. The molecule has 0 bridgehead atoms. The van der Waals surface area contributed by atoms with E-state index in [2.05, 4.69) is 0 Å². The molecule has 0 spiro atoms. The van der Waals surface area contributed by atoms with Crippen LogP contribution in [0.25, 0.3) is 0 Å². The Labute approximate surface area is 186 Å². The van der Waals surface area contributed by atoms with E-state index in [0.29, 0.717) is 31.3 Å². The maximum Gasteiger partial charge on any atom is 0.290 e. The topological polar surface area (TPSA) is 86.0 Å². The minimum absolute atomic E-state index is 0.0973. The van der Waals surface area contributed by atoms with Gasteiger partial charge in [-0.25, -0.2) is 8.42 Å². The van der Waals surface area contributed by atoms with Crippen molar-refractivity contribution in [3.05, 3.63) is 77.7 Å². The number of amides is 1. The summed E-state index contributed by atoms with van der Waals surface area (Å²) in [6.07, 6.45) is 1.71. The van der Waals surface area contributed by atoms with E-state index < -0.39 is 9.84 Å². The van der Waals surface area contributed by atoms with Crippen molar-refractivity contribution in [3.8, 4) is 11.5 Å². The van der Waals surface area contributed by atoms with Crippen molar-refractivity contribution in [1.29, 1.82) is 0 Å². The number of likely N-dealkylation sites (tertiary alicyclic amines) is 1. The van der Waals surface area contributed by atoms with E-state index in [9.17, 15) is 13.2 Å². The standard InChI is InChI=1S/C24H23NO6S/c26-24(22-11-9-18(31-22)16-32(27,28)19-5-2-1-3-6-19)25-12-4-7-20(25)17-8-10-21-23(15-17)30-14-13-29-21/h1-3,5-6,8-11,15,20H,4,7,12-14,16H2/t20-/m0/s1. The minimum Gasteiger partial charge on any atom is -0.486 e. The van der Waals surface area contributed by atoms with Crippen LogP contribution in [0.5, 0.6) is 11.5 Å². The van der Waals surface area contributed by atoms with Crippen LogP contribution in [0.2, 0.25) is 0 Å². The van der Waals surface area contributed by atoms with Gasteiger partial charge in [-0.1, -0.05) is 24.3 Å². The lowest BCUT2D eigenvalue weighted by molar-refractivity contribution is 0.0701. The SMILES string of the molecule is O=C(c1ccc(CS(=O)(=O)c2ccccc2)o1)N1CCC[C@H]1c1ccc2c(c1)OCCO2. The average Bonchev–Trinajstić information content (AvgIpc) is 3.49. The molecule has 5 rings (SSSR count). The van der Waals surface area contributed by atoms with Gasteiger partial charge in [-0.05, 0) is 54.8 Å². The molecular formula is C24H23NO6S. The van der Waals surface area contributed by atoms with Gasteiger partial charge in [0.25, 0.3) is 5.91 Å². The fraction of sp³-hybridized carbons (Fsp3) is 0.292. The number of rotatable bonds is 5. The van der Waals surface area contributed by atoms with E-state index in [1.54, 1.807) is 47.4 Å². The summed E-state index contributed by atoms with van der Waals surface area (Å²) in [5.74, 6) is 1.26. The van der Waals surface area contributed by atoms with Crippen molar-refractivity contribution in [3.63, 3.8) is 0 Å². The first kappa shape index (κ1) is 20.6. The largest absolute Gasteiger partial charge is 0.486 e. The van der Waals surface area contributed by atoms with Crippen LogP contribution in [0.3, 0.4) is 0 Å². The second kappa shape index (κ2) is 8.35. The molecule has 2 aliphatic rings. The van der Waals surface area contributed by atoms with Gasteiger partial charge in [-0.2, -0.15) is 0 Å². The molecule has 0 N–H and O–H groups in total. The predicted molar refractivity (Wildman–Crippen MR) is 116 cm³/mol. The van der Waals surface area contributed by atoms with Crippen LogP contribution in [-0.2, 0) is 15.6 Å². The summed E-state index contributed by atoms with van der Waals surface area (Å²) in [7, 11) is -3.55. The third-order valence-corrected chi connectivity index (χ3v) is 7.43. The Morgan fingerprint density at radius 3 is 2.56 bits per heavy atom. The number of ether oxygens (including phenoxy) is 2. The van der Waals surface area contributed by atoms with Gasteiger partial charge >= 0.3 is 0 Å². The van der Waals surface area contributed by atoms with Gasteiger partial charge in [-0.3, -0.25) is 4.79 Å². The zero-order chi connectivity index (χ0) is 22.1. The van der Waals surface area contributed by atoms with E-state index in [4.69, 9.17) is 13.9 Å². The molecule has 8 heteroatoms. The molecule has 0 saturated carbocycles. The van der Waals surface area contributed by atoms with Crippen molar-refractivity contribution in [2.75, 3.05) is 19.8 Å². The highest BCUT2D eigenvalue weighted by molar-refractivity contribution is 7.90. The number of hydrogen-bond donors (Lipinski definition) is 0. The molecule has 7 nitrogen and oxygen atoms in total. The van der Waals surface area contributed by atoms with E-state index in [0.717, 1.165) is 18.4 Å². The van der Waals surface area contributed by atoms with Crippen LogP contribution in [0.15, 0.2) is 70.0 Å². The molecule has 0 radical (unpaired) electrons. The summed E-state index contributed by atoms with van der Waals surface area (Å²) in [4.78, 5) is 15.2. The van der Waals surface area contributed by atoms with Gasteiger partial charge in [0.2, 0.25) is 0 Å². The highest BCUT2D eigenvalue weighted by Crippen LogP contribution is 2.38. The van der Waals surface area contributed by atoms with Gasteiger partial charge in [0.15, 0.2) is 27.1 Å². The molecule has 0 aliphatic carbocycles. The maximum absolute atomic E-state index is 13.2. The Hall–Kier alpha value is -3.26. The molecule has 1 atom stereocenters. The van der Waals surface area contributed by atoms with Crippen LogP contribution >= 0.6 is 0 Å². The molecule has 1 saturated heterocycles. The minimum atomic E-state index is -3.55. The second-order valence-electron chi connectivity index (χ2n) is 7.90. The predicted octanol–water partition coefficient (Wildman–Crippen LogP) is 4.00. The van der Waals surface area contributed by atoms with E-state index in [-0.39, 0.29) is 34.1 Å². The Kier molecular flexibility index (Phi) is 5.38. The molecule has 2 aromatic carbocycles. The number of sulfone groups is 1. The van der Waals surface area contributed by atoms with Crippen LogP contribution in [-0.4, -0.2) is 39.0 Å². The van der Waals surface area contributed by atoms with Gasteiger partial charge in [0.05, 0.1) is 10.9 Å². The molecule has 1 aromatic heterocycles. The van der Waals surface area contributed by atoms with Crippen molar-refractivity contribution >= 4 is 15.7 Å². The van der Waals surface area contributed by atoms with Crippen molar-refractivity contribution in [1.82, 2.24) is 4.90 Å². The molecule has 0 unspecified atom stereocenters. The summed E-state index contributed by atoms with van der Waals surface area (Å²) in [6, 6.07) is 17.0. The molecule has 166 valence electrons. The summed E-state index contributed by atoms with van der Waals surface area (Å²) < 4.78 is 42.2. The first-order valence-corrected chi connectivity index (χ1v) is 12.2. The van der Waals surface area contributed by atoms with E-state index in [1.165, 1.54) is 0 Å². The summed E-state index contributed by atoms with van der Waals surface area (Å²) >= 11 is 0. The van der Waals surface area contributed by atoms with Crippen LogP contribution in [0, 0.1) is 0 Å². The van der Waals surface area contributed by atoms with Gasteiger partial charge in [0, 0.05) is 6.54 Å². The quantitative estimate of drug-likeness (QED) is 0.580. The Morgan fingerprint density at radius 2 is 1.75 bits per heavy atom. The number of carbonyl (C=O) groups is 1. The number of hydrogen-bond acceptors (Lipinski definition) is 6. The van der Waals surface area contributed by atoms with E-state index >= 15 is 0 Å². The molecule has 3 aromatic rings. The second-order valence-corrected chi connectivity index (χ2v) is 9.89. The zero-order valence-corrected chi connectivity index (χ0v) is 18.2. The van der Waals surface area contributed by atoms with E-state index in [1.807, 2.05) is 18.2 Å². The highest BCUT2D eigenvalue weighted by atomic mass is 32.2. The van der Waals surface area contributed by atoms with Gasteiger partial charge in [0.1, 0.15) is 24.7 Å². The average molecular weight is 454 g/mol. The van der Waals surface area contributed by atoms with Gasteiger partial charge in [-0.15, -0.1) is 0 Å². The lowest BCUT2D eigenvalue weighted by atomic mass is 10.0. The lowest BCUT2D eigenvalue weighted by Gasteiger charge is -2.26. The van der Waals surface area contributed by atoms with Crippen molar-refractivity contribution in [2.45, 2.75) is 29.5 Å². The molecule has 2 aliphatic heterocycles. The first-order valence-electron chi connectivity index (χ1n) is 10.6. The first-order chi connectivity index (χ1) is 15.5. The zero-order valence-electron chi connectivity index (χ0n) is 17.4. The van der Waals surface area contributed by atoms with Crippen LogP contribution < -0.4 is 9.47 Å². The van der Waals surface area contributed by atoms with Crippen LogP contribution in [0.4, 0.5) is 0 Å². The Morgan fingerprint density at radius 1 is 0.969 bits per heavy atom. The summed E-state index contributed by atoms with van der Waals surface area (Å²) in [5, 5.41) is 0. The number of carbonyl (C=O) groups excluding carboxylic acids is 1. The fourth-order valence-electron chi connectivity index (χ4n) is 4.23. The molecular weight excluding hydrogens is 430 g/mol. The molecule has 32 heavy (non-hydrogen) atoms. The van der Waals surface area contributed by atoms with Crippen molar-refractivity contribution in [2.24, 2.45) is 0 Å². The number of fused-ring (bicyclic) bond motifs is 1. The highest BCUT2D eigenvalue weighted by Gasteiger charge is 2.33. The normalized spacial score (nSPS) is 18.0. The Bertz CT molecular complexity index is 1230. The fourth-order valence-corrected chi connectivity index (χ4v) is 5.50. The van der Waals surface area contributed by atoms with Gasteiger partial charge < -0.3 is 18.8 Å². The smallest absolute Gasteiger partial charge is 0.290 e. The number of nitrogens with zero attached hydrogens (tertiary/aromatic N) is 1. The van der Waals surface area contributed by atoms with Crippen molar-refractivity contribution < 1.29 is 27.1 Å². The summed E-state index contributed by atoms with van der Waals surface area (Å²) in [6.45, 7) is 1.64. The maximum atomic E-state index is 13.2.